The van der Waals surface area contributed by atoms with Gasteiger partial charge in [0.25, 0.3) is 0 Å². The lowest BCUT2D eigenvalue weighted by Crippen LogP contribution is -2.32. The van der Waals surface area contributed by atoms with Crippen molar-refractivity contribution in [1.82, 2.24) is 10.6 Å². The Kier molecular flexibility index (Phi) is 8.34. The van der Waals surface area contributed by atoms with Gasteiger partial charge in [-0.25, -0.2) is 4.79 Å². The first kappa shape index (κ1) is 19.7. The number of benzene rings is 1. The van der Waals surface area contributed by atoms with Crippen LogP contribution in [-0.4, -0.2) is 24.8 Å². The van der Waals surface area contributed by atoms with E-state index >= 15 is 0 Å². The van der Waals surface area contributed by atoms with Crippen molar-refractivity contribution in [3.63, 3.8) is 0 Å². The standard InChI is InChI=1S/C18H27BrN2O2/c1-5-16(14-8-10-15(19)11-9-14)20-12-6-7-13-21-17(22)23-18(2,3)4/h6-11,16,20H,5,12-13H2,1-4H3,(H,21,22)/b7-6+. The number of hydrogen-bond acceptors (Lipinski definition) is 3. The zero-order chi connectivity index (χ0) is 17.3. The molecule has 0 saturated carbocycles. The SMILES string of the molecule is CCC(NC/C=C/CNC(=O)OC(C)(C)C)c1ccc(Br)cc1. The third-order valence-electron chi connectivity index (χ3n) is 3.09. The fraction of sp³-hybridized carbons (Fsp3) is 0.500. The van der Waals surface area contributed by atoms with Crippen LogP contribution >= 0.6 is 15.9 Å². The summed E-state index contributed by atoms with van der Waals surface area (Å²) in [7, 11) is 0. The molecule has 1 aromatic rings. The third-order valence-corrected chi connectivity index (χ3v) is 3.62. The number of ether oxygens (including phenoxy) is 1. The number of hydrogen-bond donors (Lipinski definition) is 2. The van der Waals surface area contributed by atoms with Crippen molar-refractivity contribution in [1.29, 1.82) is 0 Å². The van der Waals surface area contributed by atoms with E-state index in [2.05, 4.69) is 57.8 Å². The molecule has 2 N–H and O–H groups in total. The highest BCUT2D eigenvalue weighted by Gasteiger charge is 2.14. The number of halogens is 1. The lowest BCUT2D eigenvalue weighted by molar-refractivity contribution is 0.0534. The van der Waals surface area contributed by atoms with Crippen LogP contribution in [0.3, 0.4) is 0 Å². The largest absolute Gasteiger partial charge is 0.444 e. The number of carbonyl (C=O) groups is 1. The van der Waals surface area contributed by atoms with Gasteiger partial charge in [0.2, 0.25) is 0 Å². The van der Waals surface area contributed by atoms with Crippen molar-refractivity contribution in [3.05, 3.63) is 46.5 Å². The number of amides is 1. The minimum absolute atomic E-state index is 0.326. The van der Waals surface area contributed by atoms with Gasteiger partial charge in [0.15, 0.2) is 0 Å². The number of carbonyl (C=O) groups excluding carboxylic acids is 1. The Morgan fingerprint density at radius 3 is 2.39 bits per heavy atom. The quantitative estimate of drug-likeness (QED) is 0.678. The lowest BCUT2D eigenvalue weighted by Gasteiger charge is -2.19. The van der Waals surface area contributed by atoms with Crippen LogP contribution in [0, 0.1) is 0 Å². The smallest absolute Gasteiger partial charge is 0.407 e. The van der Waals surface area contributed by atoms with Gasteiger partial charge in [-0.3, -0.25) is 0 Å². The van der Waals surface area contributed by atoms with E-state index in [-0.39, 0.29) is 0 Å². The van der Waals surface area contributed by atoms with Crippen LogP contribution in [0.25, 0.3) is 0 Å². The Labute approximate surface area is 147 Å². The van der Waals surface area contributed by atoms with Gasteiger partial charge in [-0.05, 0) is 44.9 Å². The Balaban J connectivity index is 2.29. The molecule has 1 unspecified atom stereocenters. The average molecular weight is 383 g/mol. The Morgan fingerprint density at radius 2 is 1.83 bits per heavy atom. The van der Waals surface area contributed by atoms with Crippen LogP contribution in [-0.2, 0) is 4.74 Å². The molecule has 0 radical (unpaired) electrons. The summed E-state index contributed by atoms with van der Waals surface area (Å²) < 4.78 is 6.25. The van der Waals surface area contributed by atoms with Gasteiger partial charge < -0.3 is 15.4 Å². The van der Waals surface area contributed by atoms with Gasteiger partial charge in [0, 0.05) is 23.6 Å². The highest BCUT2D eigenvalue weighted by atomic mass is 79.9. The summed E-state index contributed by atoms with van der Waals surface area (Å²) in [5.74, 6) is 0. The molecule has 0 aliphatic heterocycles. The number of alkyl carbamates (subject to hydrolysis) is 1. The highest BCUT2D eigenvalue weighted by molar-refractivity contribution is 9.10. The summed E-state index contributed by atoms with van der Waals surface area (Å²) in [6, 6.07) is 8.69. The first-order valence-electron chi connectivity index (χ1n) is 7.92. The van der Waals surface area contributed by atoms with Gasteiger partial charge in [0.1, 0.15) is 5.60 Å². The predicted octanol–water partition coefficient (Wildman–Crippen LogP) is 4.57. The van der Waals surface area contributed by atoms with E-state index in [1.807, 2.05) is 32.9 Å². The molecule has 0 aliphatic carbocycles. The van der Waals surface area contributed by atoms with E-state index < -0.39 is 11.7 Å². The second-order valence-corrected chi connectivity index (χ2v) is 7.19. The molecule has 0 heterocycles. The van der Waals surface area contributed by atoms with Gasteiger partial charge in [-0.15, -0.1) is 0 Å². The summed E-state index contributed by atoms with van der Waals surface area (Å²) in [6.45, 7) is 8.92. The van der Waals surface area contributed by atoms with E-state index in [1.54, 1.807) is 0 Å². The van der Waals surface area contributed by atoms with E-state index in [4.69, 9.17) is 4.74 Å². The van der Waals surface area contributed by atoms with Crippen molar-refractivity contribution < 1.29 is 9.53 Å². The fourth-order valence-corrected chi connectivity index (χ4v) is 2.29. The molecule has 5 heteroatoms. The summed E-state index contributed by atoms with van der Waals surface area (Å²) in [4.78, 5) is 11.5. The fourth-order valence-electron chi connectivity index (χ4n) is 2.03. The maximum atomic E-state index is 11.5. The van der Waals surface area contributed by atoms with Gasteiger partial charge in [-0.1, -0.05) is 47.1 Å². The molecular weight excluding hydrogens is 356 g/mol. The number of rotatable bonds is 7. The molecule has 0 aliphatic rings. The molecule has 128 valence electrons. The Morgan fingerprint density at radius 1 is 1.22 bits per heavy atom. The first-order valence-corrected chi connectivity index (χ1v) is 8.72. The molecule has 0 aromatic heterocycles. The molecule has 1 amide bonds. The van der Waals surface area contributed by atoms with Crippen molar-refractivity contribution in [3.8, 4) is 0 Å². The molecule has 0 bridgehead atoms. The minimum atomic E-state index is -0.464. The molecule has 1 atom stereocenters. The van der Waals surface area contributed by atoms with E-state index in [1.165, 1.54) is 5.56 Å². The molecule has 1 rings (SSSR count). The summed E-state index contributed by atoms with van der Waals surface area (Å²) in [5.41, 5.74) is 0.810. The topological polar surface area (TPSA) is 50.4 Å². The van der Waals surface area contributed by atoms with Crippen molar-refractivity contribution >= 4 is 22.0 Å². The normalized spacial score (nSPS) is 13.1. The average Bonchev–Trinajstić information content (AvgIpc) is 2.46. The predicted molar refractivity (Wildman–Crippen MR) is 98.6 cm³/mol. The third kappa shape index (κ3) is 8.77. The van der Waals surface area contributed by atoms with Crippen LogP contribution in [0.1, 0.15) is 45.7 Å². The van der Waals surface area contributed by atoms with Crippen molar-refractivity contribution in [2.24, 2.45) is 0 Å². The summed E-state index contributed by atoms with van der Waals surface area (Å²) in [5, 5.41) is 6.18. The Hall–Kier alpha value is -1.33. The first-order chi connectivity index (χ1) is 10.8. The molecule has 1 aromatic carbocycles. The van der Waals surface area contributed by atoms with Gasteiger partial charge in [0.05, 0.1) is 0 Å². The second-order valence-electron chi connectivity index (χ2n) is 6.27. The van der Waals surface area contributed by atoms with Crippen molar-refractivity contribution in [2.75, 3.05) is 13.1 Å². The number of nitrogens with one attached hydrogen (secondary N) is 2. The van der Waals surface area contributed by atoms with E-state index in [0.717, 1.165) is 17.4 Å². The highest BCUT2D eigenvalue weighted by Crippen LogP contribution is 2.19. The second kappa shape index (κ2) is 9.73. The van der Waals surface area contributed by atoms with Crippen molar-refractivity contribution in [2.45, 2.75) is 45.8 Å². The van der Waals surface area contributed by atoms with Gasteiger partial charge >= 0.3 is 6.09 Å². The minimum Gasteiger partial charge on any atom is -0.444 e. The maximum absolute atomic E-state index is 11.5. The summed E-state index contributed by atoms with van der Waals surface area (Å²) >= 11 is 3.45. The van der Waals surface area contributed by atoms with Crippen LogP contribution < -0.4 is 10.6 Å². The van der Waals surface area contributed by atoms with Gasteiger partial charge in [-0.2, -0.15) is 0 Å². The molecule has 0 spiro atoms. The van der Waals surface area contributed by atoms with Crippen LogP contribution in [0.4, 0.5) is 4.79 Å². The van der Waals surface area contributed by atoms with E-state index in [9.17, 15) is 4.79 Å². The molecular formula is C18H27BrN2O2. The van der Waals surface area contributed by atoms with Crippen LogP contribution in [0.5, 0.6) is 0 Å². The molecule has 0 fully saturated rings. The Bertz CT molecular complexity index is 507. The zero-order valence-corrected chi connectivity index (χ0v) is 15.9. The van der Waals surface area contributed by atoms with Crippen LogP contribution in [0.2, 0.25) is 0 Å². The maximum Gasteiger partial charge on any atom is 0.407 e. The molecule has 0 saturated heterocycles. The van der Waals surface area contributed by atoms with E-state index in [0.29, 0.717) is 12.6 Å². The summed E-state index contributed by atoms with van der Waals surface area (Å²) in [6.07, 6.45) is 4.56. The monoisotopic (exact) mass is 382 g/mol. The zero-order valence-electron chi connectivity index (χ0n) is 14.4. The molecule has 4 nitrogen and oxygen atoms in total. The lowest BCUT2D eigenvalue weighted by atomic mass is 10.0. The molecule has 23 heavy (non-hydrogen) atoms. The van der Waals surface area contributed by atoms with Crippen LogP contribution in [0.15, 0.2) is 40.9 Å².